The monoisotopic (exact) mass is 409 g/mol. The molecule has 2 aromatic rings. The van der Waals surface area contributed by atoms with Gasteiger partial charge in [0.1, 0.15) is 11.5 Å². The average Bonchev–Trinajstić information content (AvgIpc) is 2.97. The van der Waals surface area contributed by atoms with E-state index in [2.05, 4.69) is 4.98 Å². The Balaban J connectivity index is 2.08. The summed E-state index contributed by atoms with van der Waals surface area (Å²) in [5.74, 6) is -1.75. The number of nitrogens with zero attached hydrogens (tertiary/aromatic N) is 3. The summed E-state index contributed by atoms with van der Waals surface area (Å²) in [6, 6.07) is 8.93. The number of esters is 1. The zero-order chi connectivity index (χ0) is 21.8. The zero-order valence-electron chi connectivity index (χ0n) is 17.0. The summed E-state index contributed by atoms with van der Waals surface area (Å²) in [4.78, 5) is 44.1. The maximum Gasteiger partial charge on any atom is 0.308 e. The zero-order valence-corrected chi connectivity index (χ0v) is 17.0. The molecule has 1 aliphatic rings. The first-order valence-electron chi connectivity index (χ1n) is 9.41. The summed E-state index contributed by atoms with van der Waals surface area (Å²) in [7, 11) is 3.74. The van der Waals surface area contributed by atoms with Crippen molar-refractivity contribution in [1.29, 1.82) is 0 Å². The van der Waals surface area contributed by atoms with Crippen molar-refractivity contribution in [2.24, 2.45) is 0 Å². The molecule has 0 aliphatic carbocycles. The van der Waals surface area contributed by atoms with Crippen LogP contribution in [-0.2, 0) is 14.4 Å². The molecular weight excluding hydrogens is 386 g/mol. The van der Waals surface area contributed by atoms with Crippen LogP contribution in [0, 0.1) is 0 Å². The predicted molar refractivity (Wildman–Crippen MR) is 110 cm³/mol. The van der Waals surface area contributed by atoms with Gasteiger partial charge in [-0.3, -0.25) is 19.4 Å². The quantitative estimate of drug-likeness (QED) is 0.256. The van der Waals surface area contributed by atoms with Crippen molar-refractivity contribution in [3.8, 4) is 5.75 Å². The minimum absolute atomic E-state index is 0.0187. The molecule has 3 rings (SSSR count). The second-order valence-corrected chi connectivity index (χ2v) is 7.19. The topological polar surface area (TPSA) is 100 Å². The summed E-state index contributed by atoms with van der Waals surface area (Å²) in [5, 5.41) is 10.9. The van der Waals surface area contributed by atoms with Crippen molar-refractivity contribution in [2.75, 3.05) is 27.2 Å². The Morgan fingerprint density at radius 1 is 1.13 bits per heavy atom. The number of pyridine rings is 1. The largest absolute Gasteiger partial charge is 0.507 e. The van der Waals surface area contributed by atoms with Gasteiger partial charge in [0.25, 0.3) is 11.7 Å². The van der Waals surface area contributed by atoms with Gasteiger partial charge in [-0.25, -0.2) is 0 Å². The maximum absolute atomic E-state index is 12.9. The number of likely N-dealkylation sites (N-methyl/N-ethyl adjacent to an activating group) is 1. The van der Waals surface area contributed by atoms with Crippen LogP contribution in [0.3, 0.4) is 0 Å². The van der Waals surface area contributed by atoms with E-state index >= 15 is 0 Å². The van der Waals surface area contributed by atoms with Gasteiger partial charge >= 0.3 is 5.97 Å². The summed E-state index contributed by atoms with van der Waals surface area (Å²) in [5.41, 5.74) is 1.04. The van der Waals surface area contributed by atoms with E-state index in [9.17, 15) is 19.5 Å². The Kier molecular flexibility index (Phi) is 6.27. The molecule has 1 unspecified atom stereocenters. The van der Waals surface area contributed by atoms with E-state index in [0.717, 1.165) is 0 Å². The van der Waals surface area contributed by atoms with Crippen molar-refractivity contribution >= 4 is 23.4 Å². The van der Waals surface area contributed by atoms with E-state index in [-0.39, 0.29) is 11.3 Å². The fraction of sp³-hybridized carbons (Fsp3) is 0.273. The summed E-state index contributed by atoms with van der Waals surface area (Å²) >= 11 is 0. The molecule has 0 spiro atoms. The number of carbonyl (C=O) groups is 3. The summed E-state index contributed by atoms with van der Waals surface area (Å²) in [6.45, 7) is 2.16. The number of amides is 1. The number of rotatable bonds is 6. The van der Waals surface area contributed by atoms with E-state index in [1.165, 1.54) is 24.2 Å². The summed E-state index contributed by atoms with van der Waals surface area (Å²) < 4.78 is 5.06. The maximum atomic E-state index is 12.9. The third-order valence-corrected chi connectivity index (χ3v) is 4.74. The summed E-state index contributed by atoms with van der Waals surface area (Å²) in [6.07, 6.45) is 3.00. The van der Waals surface area contributed by atoms with Crippen LogP contribution < -0.4 is 4.74 Å². The molecule has 0 bridgehead atoms. The molecule has 8 heteroatoms. The number of carbonyl (C=O) groups excluding carboxylic acids is 3. The first kappa shape index (κ1) is 21.2. The van der Waals surface area contributed by atoms with Gasteiger partial charge in [-0.2, -0.15) is 0 Å². The van der Waals surface area contributed by atoms with Crippen molar-refractivity contribution in [2.45, 2.75) is 13.0 Å². The number of hydrogen-bond donors (Lipinski definition) is 1. The number of aliphatic hydroxyl groups excluding tert-OH is 1. The molecule has 1 fully saturated rings. The van der Waals surface area contributed by atoms with Crippen LogP contribution in [-0.4, -0.2) is 64.7 Å². The molecule has 2 heterocycles. The lowest BCUT2D eigenvalue weighted by molar-refractivity contribution is -0.140. The predicted octanol–water partition coefficient (Wildman–Crippen LogP) is 1.99. The van der Waals surface area contributed by atoms with Gasteiger partial charge in [-0.05, 0) is 43.9 Å². The molecular formula is C22H23N3O5. The molecule has 156 valence electrons. The van der Waals surface area contributed by atoms with Gasteiger partial charge in [0.05, 0.1) is 11.6 Å². The van der Waals surface area contributed by atoms with Gasteiger partial charge < -0.3 is 19.6 Å². The standard InChI is InChI=1S/C22H23N3O5/c1-14(26)30-17-6-4-15(5-7-17)19-18(20(27)16-8-10-23-11-9-16)21(28)22(29)25(19)13-12-24(2)3/h4-11,19,27H,12-13H2,1-3H3/b20-18-. The number of hydrogen-bond acceptors (Lipinski definition) is 7. The molecule has 1 amide bonds. The Labute approximate surface area is 174 Å². The molecule has 1 aliphatic heterocycles. The van der Waals surface area contributed by atoms with Crippen LogP contribution in [0.2, 0.25) is 0 Å². The SMILES string of the molecule is CC(=O)Oc1ccc(C2/C(=C(/O)c3ccncc3)C(=O)C(=O)N2CCN(C)C)cc1. The molecule has 30 heavy (non-hydrogen) atoms. The highest BCUT2D eigenvalue weighted by molar-refractivity contribution is 6.46. The number of aromatic nitrogens is 1. The minimum Gasteiger partial charge on any atom is -0.507 e. The minimum atomic E-state index is -0.760. The highest BCUT2D eigenvalue weighted by Crippen LogP contribution is 2.39. The molecule has 1 aromatic carbocycles. The smallest absolute Gasteiger partial charge is 0.308 e. The lowest BCUT2D eigenvalue weighted by atomic mass is 9.95. The fourth-order valence-electron chi connectivity index (χ4n) is 3.31. The number of ether oxygens (including phenoxy) is 1. The number of aliphatic hydroxyl groups is 1. The second kappa shape index (κ2) is 8.87. The molecule has 1 saturated heterocycles. The van der Waals surface area contributed by atoms with Crippen LogP contribution in [0.4, 0.5) is 0 Å². The van der Waals surface area contributed by atoms with Crippen LogP contribution in [0.25, 0.3) is 5.76 Å². The second-order valence-electron chi connectivity index (χ2n) is 7.19. The van der Waals surface area contributed by atoms with Crippen LogP contribution >= 0.6 is 0 Å². The molecule has 1 N–H and O–H groups in total. The highest BCUT2D eigenvalue weighted by Gasteiger charge is 2.45. The van der Waals surface area contributed by atoms with E-state index in [4.69, 9.17) is 4.74 Å². The van der Waals surface area contributed by atoms with Crippen molar-refractivity contribution in [1.82, 2.24) is 14.8 Å². The van der Waals surface area contributed by atoms with Gasteiger partial charge in [-0.15, -0.1) is 0 Å². The number of ketones is 1. The van der Waals surface area contributed by atoms with Crippen LogP contribution in [0.1, 0.15) is 24.1 Å². The van der Waals surface area contributed by atoms with Gasteiger partial charge in [-0.1, -0.05) is 12.1 Å². The first-order valence-corrected chi connectivity index (χ1v) is 9.41. The average molecular weight is 409 g/mol. The van der Waals surface area contributed by atoms with Crippen LogP contribution in [0.15, 0.2) is 54.4 Å². The highest BCUT2D eigenvalue weighted by atomic mass is 16.5. The normalized spacial score (nSPS) is 18.1. The van der Waals surface area contributed by atoms with Crippen LogP contribution in [0.5, 0.6) is 5.75 Å². The van der Waals surface area contributed by atoms with Gasteiger partial charge in [0, 0.05) is 38.0 Å². The van der Waals surface area contributed by atoms with E-state index in [0.29, 0.717) is 30.0 Å². The Bertz CT molecular complexity index is 984. The van der Waals surface area contributed by atoms with Gasteiger partial charge in [0.2, 0.25) is 0 Å². The Morgan fingerprint density at radius 2 is 1.77 bits per heavy atom. The molecule has 0 radical (unpaired) electrons. The molecule has 1 aromatic heterocycles. The molecule has 8 nitrogen and oxygen atoms in total. The molecule has 0 saturated carbocycles. The van der Waals surface area contributed by atoms with Crippen molar-refractivity contribution in [3.63, 3.8) is 0 Å². The fourth-order valence-corrected chi connectivity index (χ4v) is 3.31. The number of benzene rings is 1. The molecule has 1 atom stereocenters. The first-order chi connectivity index (χ1) is 14.3. The Hall–Kier alpha value is -3.52. The number of likely N-dealkylation sites (tertiary alicyclic amines) is 1. The van der Waals surface area contributed by atoms with E-state index in [1.54, 1.807) is 36.4 Å². The lowest BCUT2D eigenvalue weighted by Gasteiger charge is -2.26. The Morgan fingerprint density at radius 3 is 2.33 bits per heavy atom. The third-order valence-electron chi connectivity index (χ3n) is 4.74. The van der Waals surface area contributed by atoms with E-state index in [1.807, 2.05) is 19.0 Å². The number of Topliss-reactive ketones (excluding diaryl/α,β-unsaturated/α-hetero) is 1. The third kappa shape index (κ3) is 4.38. The van der Waals surface area contributed by atoms with Crippen molar-refractivity contribution in [3.05, 3.63) is 65.5 Å². The van der Waals surface area contributed by atoms with Gasteiger partial charge in [0.15, 0.2) is 0 Å². The lowest BCUT2D eigenvalue weighted by Crippen LogP contribution is -2.35. The van der Waals surface area contributed by atoms with Crippen molar-refractivity contribution < 1.29 is 24.2 Å². The van der Waals surface area contributed by atoms with E-state index < -0.39 is 23.7 Å².